The number of alkyl halides is 3. The van der Waals surface area contributed by atoms with Crippen LogP contribution < -0.4 is 10.1 Å². The first-order valence-corrected chi connectivity index (χ1v) is 6.58. The minimum absolute atomic E-state index is 0.197. The smallest absolute Gasteiger partial charge is 0.405 e. The molecule has 1 aromatic carbocycles. The van der Waals surface area contributed by atoms with Gasteiger partial charge in [-0.1, -0.05) is 25.1 Å². The molecule has 6 heteroatoms. The van der Waals surface area contributed by atoms with Gasteiger partial charge in [0.2, 0.25) is 0 Å². The third kappa shape index (κ3) is 5.02. The van der Waals surface area contributed by atoms with Crippen molar-refractivity contribution in [1.29, 1.82) is 0 Å². The monoisotopic (exact) mass is 291 g/mol. The summed E-state index contributed by atoms with van der Waals surface area (Å²) in [5.41, 5.74) is 0.438. The summed E-state index contributed by atoms with van der Waals surface area (Å²) >= 11 is 0. The predicted molar refractivity (Wildman–Crippen MR) is 70.6 cm³/mol. The molecule has 3 nitrogen and oxygen atoms in total. The van der Waals surface area contributed by atoms with E-state index in [-0.39, 0.29) is 17.9 Å². The quantitative estimate of drug-likeness (QED) is 0.831. The van der Waals surface area contributed by atoms with Crippen molar-refractivity contribution in [2.45, 2.75) is 39.3 Å². The molecule has 0 aliphatic heterocycles. The number of hydrogen-bond donors (Lipinski definition) is 1. The van der Waals surface area contributed by atoms with Crippen molar-refractivity contribution < 1.29 is 22.6 Å². The second-order valence-electron chi connectivity index (χ2n) is 4.28. The van der Waals surface area contributed by atoms with Crippen LogP contribution >= 0.6 is 0 Å². The van der Waals surface area contributed by atoms with Gasteiger partial charge in [-0.2, -0.15) is 0 Å². The van der Waals surface area contributed by atoms with E-state index in [1.165, 1.54) is 12.1 Å². The predicted octanol–water partition coefficient (Wildman–Crippen LogP) is 3.66. The van der Waals surface area contributed by atoms with Gasteiger partial charge in [0.15, 0.2) is 0 Å². The van der Waals surface area contributed by atoms with E-state index in [0.29, 0.717) is 18.7 Å². The highest BCUT2D eigenvalue weighted by atomic mass is 19.4. The zero-order chi connectivity index (χ0) is 15.2. The van der Waals surface area contributed by atoms with E-state index in [4.69, 9.17) is 4.74 Å². The fourth-order valence-corrected chi connectivity index (χ4v) is 2.06. The number of hydrogen-bond acceptors (Lipinski definition) is 3. The van der Waals surface area contributed by atoms with Crippen LogP contribution in [0.25, 0.3) is 0 Å². The minimum atomic E-state index is -4.71. The van der Waals surface area contributed by atoms with Gasteiger partial charge < -0.3 is 14.8 Å². The summed E-state index contributed by atoms with van der Waals surface area (Å²) in [6.07, 6.45) is -4.97. The first-order valence-electron chi connectivity index (χ1n) is 6.58. The van der Waals surface area contributed by atoms with Gasteiger partial charge in [-0.15, -0.1) is 13.2 Å². The van der Waals surface area contributed by atoms with Crippen molar-refractivity contribution in [2.24, 2.45) is 0 Å². The van der Waals surface area contributed by atoms with Gasteiger partial charge in [-0.05, 0) is 26.5 Å². The maximum Gasteiger partial charge on any atom is 0.573 e. The Hall–Kier alpha value is -1.27. The largest absolute Gasteiger partial charge is 0.573 e. The number of benzene rings is 1. The van der Waals surface area contributed by atoms with Crippen molar-refractivity contribution in [3.8, 4) is 5.75 Å². The van der Waals surface area contributed by atoms with E-state index in [1.807, 2.05) is 20.8 Å². The molecule has 2 atom stereocenters. The second kappa shape index (κ2) is 7.50. The van der Waals surface area contributed by atoms with Crippen LogP contribution in [0.2, 0.25) is 0 Å². The van der Waals surface area contributed by atoms with E-state index in [2.05, 4.69) is 10.1 Å². The molecule has 1 N–H and O–H groups in total. The molecule has 1 rings (SSSR count). The molecule has 0 heterocycles. The van der Waals surface area contributed by atoms with E-state index in [1.54, 1.807) is 12.1 Å². The highest BCUT2D eigenvalue weighted by molar-refractivity contribution is 5.36. The van der Waals surface area contributed by atoms with Crippen LogP contribution in [0.4, 0.5) is 13.2 Å². The first-order chi connectivity index (χ1) is 9.39. The van der Waals surface area contributed by atoms with Gasteiger partial charge >= 0.3 is 6.36 Å². The van der Waals surface area contributed by atoms with Crippen LogP contribution in [0.3, 0.4) is 0 Å². The third-order valence-electron chi connectivity index (χ3n) is 2.80. The molecule has 20 heavy (non-hydrogen) atoms. The Balaban J connectivity index is 3.06. The van der Waals surface area contributed by atoms with Crippen LogP contribution in [0.1, 0.15) is 32.4 Å². The van der Waals surface area contributed by atoms with Crippen LogP contribution in [0.15, 0.2) is 24.3 Å². The molecule has 0 saturated carbocycles. The fourth-order valence-electron chi connectivity index (χ4n) is 2.06. The molecule has 0 aliphatic rings. The molecule has 0 aliphatic carbocycles. The Kier molecular flexibility index (Phi) is 6.29. The maximum atomic E-state index is 12.4. The maximum absolute atomic E-state index is 12.4. The molecule has 0 radical (unpaired) electrons. The van der Waals surface area contributed by atoms with Crippen molar-refractivity contribution in [3.63, 3.8) is 0 Å². The van der Waals surface area contributed by atoms with Crippen molar-refractivity contribution in [2.75, 3.05) is 13.2 Å². The summed E-state index contributed by atoms with van der Waals surface area (Å²) < 4.78 is 46.9. The molecule has 0 saturated heterocycles. The Morgan fingerprint density at radius 2 is 1.85 bits per heavy atom. The zero-order valence-corrected chi connectivity index (χ0v) is 11.8. The van der Waals surface area contributed by atoms with Gasteiger partial charge in [0, 0.05) is 12.2 Å². The number of halogens is 3. The Morgan fingerprint density at radius 3 is 2.40 bits per heavy atom. The van der Waals surface area contributed by atoms with E-state index in [0.717, 1.165) is 0 Å². The fraction of sp³-hybridized carbons (Fsp3) is 0.571. The second-order valence-corrected chi connectivity index (χ2v) is 4.28. The molecule has 114 valence electrons. The van der Waals surface area contributed by atoms with Crippen molar-refractivity contribution >= 4 is 0 Å². The molecule has 2 unspecified atom stereocenters. The van der Waals surface area contributed by atoms with E-state index >= 15 is 0 Å². The lowest BCUT2D eigenvalue weighted by Crippen LogP contribution is -2.33. The van der Waals surface area contributed by atoms with Crippen LogP contribution in [0, 0.1) is 0 Å². The molecule has 0 aromatic heterocycles. The standard InChI is InChI=1S/C14H20F3NO2/c1-4-18-13(10(3)19-5-2)11-8-6-7-9-12(11)20-14(15,16)17/h6-10,13,18H,4-5H2,1-3H3. The highest BCUT2D eigenvalue weighted by Gasteiger charge is 2.33. The van der Waals surface area contributed by atoms with E-state index in [9.17, 15) is 13.2 Å². The molecule has 0 bridgehead atoms. The van der Waals surface area contributed by atoms with E-state index < -0.39 is 6.36 Å². The number of para-hydroxylation sites is 1. The van der Waals surface area contributed by atoms with Crippen LogP contribution in [-0.4, -0.2) is 25.6 Å². The topological polar surface area (TPSA) is 30.5 Å². The Bertz CT molecular complexity index is 410. The Morgan fingerprint density at radius 1 is 1.20 bits per heavy atom. The lowest BCUT2D eigenvalue weighted by molar-refractivity contribution is -0.275. The zero-order valence-electron chi connectivity index (χ0n) is 11.8. The SMILES string of the molecule is CCNC(c1ccccc1OC(F)(F)F)C(C)OCC. The third-order valence-corrected chi connectivity index (χ3v) is 2.80. The molecular weight excluding hydrogens is 271 g/mol. The summed E-state index contributed by atoms with van der Waals surface area (Å²) in [7, 11) is 0. The van der Waals surface area contributed by atoms with Gasteiger partial charge in [0.05, 0.1) is 12.1 Å². The van der Waals surface area contributed by atoms with Gasteiger partial charge in [-0.3, -0.25) is 0 Å². The molecule has 0 fully saturated rings. The molecule has 0 spiro atoms. The highest BCUT2D eigenvalue weighted by Crippen LogP contribution is 2.32. The van der Waals surface area contributed by atoms with Gasteiger partial charge in [-0.25, -0.2) is 0 Å². The lowest BCUT2D eigenvalue weighted by atomic mass is 10.0. The van der Waals surface area contributed by atoms with Crippen LogP contribution in [0.5, 0.6) is 5.75 Å². The summed E-state index contributed by atoms with van der Waals surface area (Å²) in [5.74, 6) is -0.197. The molecule has 0 amide bonds. The lowest BCUT2D eigenvalue weighted by Gasteiger charge is -2.27. The Labute approximate surface area is 117 Å². The number of likely N-dealkylation sites (N-methyl/N-ethyl adjacent to an activating group) is 1. The molecule has 1 aromatic rings. The van der Waals surface area contributed by atoms with Crippen LogP contribution in [-0.2, 0) is 4.74 Å². The minimum Gasteiger partial charge on any atom is -0.405 e. The van der Waals surface area contributed by atoms with Gasteiger partial charge in [0.1, 0.15) is 5.75 Å². The number of rotatable bonds is 7. The summed E-state index contributed by atoms with van der Waals surface area (Å²) in [6.45, 7) is 6.66. The average Bonchev–Trinajstić information content (AvgIpc) is 2.35. The normalized spacial score (nSPS) is 14.9. The molecular formula is C14H20F3NO2. The summed E-state index contributed by atoms with van der Waals surface area (Å²) in [6, 6.07) is 5.76. The van der Waals surface area contributed by atoms with Gasteiger partial charge in [0.25, 0.3) is 0 Å². The van der Waals surface area contributed by atoms with Crippen molar-refractivity contribution in [3.05, 3.63) is 29.8 Å². The number of ether oxygens (including phenoxy) is 2. The summed E-state index contributed by atoms with van der Waals surface area (Å²) in [4.78, 5) is 0. The number of nitrogens with one attached hydrogen (secondary N) is 1. The first kappa shape index (κ1) is 16.8. The summed E-state index contributed by atoms with van der Waals surface area (Å²) in [5, 5.41) is 3.14. The average molecular weight is 291 g/mol. The van der Waals surface area contributed by atoms with Crippen molar-refractivity contribution in [1.82, 2.24) is 5.32 Å².